The number of nitrogens with zero attached hydrogens (tertiary/aromatic N) is 1. The summed E-state index contributed by atoms with van der Waals surface area (Å²) in [5.74, 6) is 0. The smallest absolute Gasteiger partial charge is 0.0726 e. The van der Waals surface area contributed by atoms with Crippen molar-refractivity contribution >= 4 is 36.5 Å². The summed E-state index contributed by atoms with van der Waals surface area (Å²) < 4.78 is 2.92. The normalized spacial score (nSPS) is 20.5. The van der Waals surface area contributed by atoms with Crippen molar-refractivity contribution in [1.29, 1.82) is 0 Å². The number of hydrazine groups is 1. The van der Waals surface area contributed by atoms with Gasteiger partial charge in [-0.3, -0.25) is 0 Å². The first kappa shape index (κ1) is 6.67. The fourth-order valence-electron chi connectivity index (χ4n) is 0.336. The molecule has 0 radical (unpaired) electrons. The summed E-state index contributed by atoms with van der Waals surface area (Å²) in [6.07, 6.45) is 3.85. The maximum Gasteiger partial charge on any atom is 0.0726 e. The Morgan fingerprint density at radius 2 is 2.75 bits per heavy atom. The van der Waals surface area contributed by atoms with Crippen LogP contribution in [0.2, 0.25) is 0 Å². The van der Waals surface area contributed by atoms with Crippen molar-refractivity contribution in [1.82, 2.24) is 9.25 Å². The maximum atomic E-state index is 4.11. The van der Waals surface area contributed by atoms with E-state index in [1.54, 1.807) is 23.9 Å². The topological polar surface area (TPSA) is 15.3 Å². The minimum Gasteiger partial charge on any atom is -0.305 e. The van der Waals surface area contributed by atoms with Gasteiger partial charge in [-0.1, -0.05) is 0 Å². The van der Waals surface area contributed by atoms with E-state index in [2.05, 4.69) is 18.1 Å². The molecule has 0 amide bonds. The maximum absolute atomic E-state index is 4.11. The van der Waals surface area contributed by atoms with Crippen LogP contribution >= 0.6 is 36.5 Å². The second-order valence-corrected chi connectivity index (χ2v) is 3.88. The average Bonchev–Trinajstić information content (AvgIpc) is 2.14. The molecule has 8 heavy (non-hydrogen) atoms. The summed E-state index contributed by atoms with van der Waals surface area (Å²) in [4.78, 5) is 0. The van der Waals surface area contributed by atoms with Gasteiger partial charge in [0, 0.05) is 6.20 Å². The molecule has 0 unspecified atom stereocenters. The van der Waals surface area contributed by atoms with Crippen molar-refractivity contribution in [2.45, 2.75) is 0 Å². The molecule has 0 bridgehead atoms. The molecule has 1 N–H and O–H groups in total. The number of hydrogen-bond donors (Lipinski definition) is 2. The molecule has 46 valence electrons. The lowest BCUT2D eigenvalue weighted by molar-refractivity contribution is 0.670. The van der Waals surface area contributed by atoms with E-state index in [0.29, 0.717) is 0 Å². The van der Waals surface area contributed by atoms with E-state index in [1.165, 1.54) is 0 Å². The summed E-state index contributed by atoms with van der Waals surface area (Å²) in [5, 5.41) is 0. The van der Waals surface area contributed by atoms with Crippen LogP contribution in [0.4, 0.5) is 0 Å². The van der Waals surface area contributed by atoms with Crippen molar-refractivity contribution in [3.63, 3.8) is 0 Å². The third-order valence-electron chi connectivity index (χ3n) is 0.636. The van der Waals surface area contributed by atoms with Gasteiger partial charge in [0.15, 0.2) is 0 Å². The van der Waals surface area contributed by atoms with Crippen LogP contribution in [-0.4, -0.2) is 10.1 Å². The van der Waals surface area contributed by atoms with Gasteiger partial charge in [-0.25, -0.2) is 0 Å². The van der Waals surface area contributed by atoms with E-state index >= 15 is 0 Å². The Labute approximate surface area is 62.7 Å². The van der Waals surface area contributed by atoms with Crippen molar-refractivity contribution in [2.75, 3.05) is 6.26 Å². The standard InChI is InChI=1S/C3H6N2S3/c1-7-5-4-2-3(6)8-5/h2,4,6H,1H3. The molecule has 1 aliphatic rings. The van der Waals surface area contributed by atoms with Crippen LogP contribution in [0.1, 0.15) is 0 Å². The molecule has 0 aromatic heterocycles. The highest BCUT2D eigenvalue weighted by Gasteiger charge is 2.09. The van der Waals surface area contributed by atoms with Gasteiger partial charge in [-0.15, -0.1) is 16.4 Å². The van der Waals surface area contributed by atoms with Crippen LogP contribution in [0.5, 0.6) is 0 Å². The molecule has 0 fully saturated rings. The molecular formula is C3H6N2S3. The largest absolute Gasteiger partial charge is 0.305 e. The van der Waals surface area contributed by atoms with Crippen molar-refractivity contribution in [3.05, 3.63) is 10.4 Å². The first-order chi connectivity index (χ1) is 3.83. The Balaban J connectivity index is 2.32. The van der Waals surface area contributed by atoms with Crippen LogP contribution in [0.3, 0.4) is 0 Å². The number of nitrogens with one attached hydrogen (secondary N) is 1. The molecule has 0 aliphatic carbocycles. The molecule has 0 atom stereocenters. The van der Waals surface area contributed by atoms with E-state index in [9.17, 15) is 0 Å². The second-order valence-electron chi connectivity index (χ2n) is 1.14. The van der Waals surface area contributed by atoms with Gasteiger partial charge >= 0.3 is 0 Å². The van der Waals surface area contributed by atoms with Crippen LogP contribution in [0.25, 0.3) is 0 Å². The number of rotatable bonds is 1. The van der Waals surface area contributed by atoms with Gasteiger partial charge in [0.2, 0.25) is 0 Å². The predicted octanol–water partition coefficient (Wildman–Crippen LogP) is 1.46. The van der Waals surface area contributed by atoms with E-state index in [-0.39, 0.29) is 0 Å². The fourth-order valence-corrected chi connectivity index (χ4v) is 1.88. The molecular weight excluding hydrogens is 160 g/mol. The molecule has 0 saturated carbocycles. The fraction of sp³-hybridized carbons (Fsp3) is 0.333. The number of hydrogen-bond acceptors (Lipinski definition) is 5. The highest BCUT2D eigenvalue weighted by atomic mass is 32.2. The Morgan fingerprint density at radius 1 is 2.00 bits per heavy atom. The first-order valence-corrected chi connectivity index (χ1v) is 4.40. The van der Waals surface area contributed by atoms with Crippen LogP contribution < -0.4 is 5.43 Å². The first-order valence-electron chi connectivity index (χ1n) is 2.00. The van der Waals surface area contributed by atoms with Gasteiger partial charge < -0.3 is 5.43 Å². The summed E-state index contributed by atoms with van der Waals surface area (Å²) >= 11 is 7.31. The summed E-state index contributed by atoms with van der Waals surface area (Å²) in [6.45, 7) is 0. The summed E-state index contributed by atoms with van der Waals surface area (Å²) in [6, 6.07) is 0. The van der Waals surface area contributed by atoms with Gasteiger partial charge in [-0.05, 0) is 30.2 Å². The van der Waals surface area contributed by atoms with Crippen LogP contribution in [-0.2, 0) is 0 Å². The molecule has 0 aromatic rings. The average molecular weight is 166 g/mol. The molecule has 0 aromatic carbocycles. The molecule has 2 nitrogen and oxygen atoms in total. The predicted molar refractivity (Wildman–Crippen MR) is 43.1 cm³/mol. The van der Waals surface area contributed by atoms with Gasteiger partial charge in [0.05, 0.1) is 4.24 Å². The van der Waals surface area contributed by atoms with E-state index in [1.807, 2.05) is 16.3 Å². The summed E-state index contributed by atoms with van der Waals surface area (Å²) in [7, 11) is 0. The van der Waals surface area contributed by atoms with Crippen molar-refractivity contribution in [2.24, 2.45) is 0 Å². The Hall–Kier alpha value is 0.550. The lowest BCUT2D eigenvalue weighted by Gasteiger charge is -2.07. The van der Waals surface area contributed by atoms with E-state index < -0.39 is 0 Å². The monoisotopic (exact) mass is 166 g/mol. The highest BCUT2D eigenvalue weighted by Crippen LogP contribution is 2.30. The zero-order valence-electron chi connectivity index (χ0n) is 4.29. The van der Waals surface area contributed by atoms with Crippen LogP contribution in [0.15, 0.2) is 10.4 Å². The lowest BCUT2D eigenvalue weighted by Crippen LogP contribution is -2.13. The van der Waals surface area contributed by atoms with Gasteiger partial charge in [0.25, 0.3) is 0 Å². The van der Waals surface area contributed by atoms with Crippen LogP contribution in [0, 0.1) is 0 Å². The van der Waals surface area contributed by atoms with E-state index in [0.717, 1.165) is 4.24 Å². The molecule has 0 saturated heterocycles. The zero-order valence-corrected chi connectivity index (χ0v) is 6.82. The SMILES string of the molecule is CSN1NC=C(S)S1. The quantitative estimate of drug-likeness (QED) is 0.452. The molecule has 0 spiro atoms. The Morgan fingerprint density at radius 3 is 3.00 bits per heavy atom. The Kier molecular flexibility index (Phi) is 2.43. The number of thiol groups is 1. The highest BCUT2D eigenvalue weighted by molar-refractivity contribution is 8.20. The minimum absolute atomic E-state index is 0.999. The van der Waals surface area contributed by atoms with E-state index in [4.69, 9.17) is 0 Å². The molecule has 1 aliphatic heterocycles. The third-order valence-corrected chi connectivity index (χ3v) is 2.69. The third kappa shape index (κ3) is 1.51. The van der Waals surface area contributed by atoms with Crippen molar-refractivity contribution < 1.29 is 0 Å². The summed E-state index contributed by atoms with van der Waals surface area (Å²) in [5.41, 5.74) is 2.98. The molecule has 5 heteroatoms. The Bertz CT molecular complexity index is 113. The molecule has 1 rings (SSSR count). The minimum atomic E-state index is 0.999. The van der Waals surface area contributed by atoms with Crippen molar-refractivity contribution in [3.8, 4) is 0 Å². The lowest BCUT2D eigenvalue weighted by atomic mass is 11.1. The van der Waals surface area contributed by atoms with Gasteiger partial charge in [0.1, 0.15) is 0 Å². The van der Waals surface area contributed by atoms with Gasteiger partial charge in [-0.2, -0.15) is 0 Å². The second kappa shape index (κ2) is 2.91. The molecule has 1 heterocycles. The zero-order chi connectivity index (χ0) is 5.98.